The average Bonchev–Trinajstić information content (AvgIpc) is 3.20. The van der Waals surface area contributed by atoms with Crippen LogP contribution in [0.2, 0.25) is 0 Å². The Hall–Kier alpha value is -0.950. The fourth-order valence-electron chi connectivity index (χ4n) is 3.94. The van der Waals surface area contributed by atoms with Crippen molar-refractivity contribution in [1.82, 2.24) is 0 Å². The van der Waals surface area contributed by atoms with E-state index in [9.17, 15) is 13.0 Å². The van der Waals surface area contributed by atoms with Gasteiger partial charge in [0.05, 0.1) is 42.1 Å². The lowest BCUT2D eigenvalue weighted by molar-refractivity contribution is -0.929. The van der Waals surface area contributed by atoms with E-state index in [1.165, 1.54) is 93.4 Å². The number of quaternary nitrogens is 1. The van der Waals surface area contributed by atoms with E-state index >= 15 is 0 Å². The number of benzene rings is 1. The third kappa shape index (κ3) is 11.5. The predicted octanol–water partition coefficient (Wildman–Crippen LogP) is 6.95. The maximum atomic E-state index is 10.5. The van der Waals surface area contributed by atoms with Crippen LogP contribution < -0.4 is 0 Å². The molecule has 0 aliphatic rings. The van der Waals surface area contributed by atoms with Gasteiger partial charge in [-0.3, -0.25) is 0 Å². The van der Waals surface area contributed by atoms with Gasteiger partial charge in [0, 0.05) is 4.70 Å². The zero-order valence-electron chi connectivity index (χ0n) is 20.1. The van der Waals surface area contributed by atoms with Crippen molar-refractivity contribution in [3.8, 4) is 0 Å². The molecule has 0 N–H and O–H groups in total. The molecule has 0 unspecified atom stereocenters. The molecule has 4 nitrogen and oxygen atoms in total. The highest BCUT2D eigenvalue weighted by Gasteiger charge is 2.24. The number of thiophene rings is 1. The molecule has 1 aromatic heterocycles. The Morgan fingerprint density at radius 1 is 0.806 bits per heavy atom. The number of hydrogen-bond acceptors (Lipinski definition) is 4. The first-order chi connectivity index (χ1) is 14.8. The summed E-state index contributed by atoms with van der Waals surface area (Å²) in [6, 6.07) is 7.20. The SMILES string of the molecule is CCCC[N+](CCCC)(CCCC)CCCC.O=S(=O)([O-])Cc1ccc2ccsc2c1. The van der Waals surface area contributed by atoms with Gasteiger partial charge in [-0.05, 0) is 54.1 Å². The van der Waals surface area contributed by atoms with E-state index < -0.39 is 15.9 Å². The van der Waals surface area contributed by atoms with Crippen LogP contribution in [0.1, 0.15) is 84.6 Å². The van der Waals surface area contributed by atoms with Crippen LogP contribution in [0.3, 0.4) is 0 Å². The first kappa shape index (κ1) is 28.1. The standard InChI is InChI=1S/C16H36N.C9H8O3S2/c1-5-9-13-17(14-10-6-2,15-11-7-3)16-12-8-4;10-14(11,12)6-7-1-2-8-3-4-13-9(8)5-7/h5-16H2,1-4H3;1-5H,6H2,(H,10,11,12)/q+1;/p-1. The van der Waals surface area contributed by atoms with Crippen LogP contribution >= 0.6 is 11.3 Å². The molecule has 0 saturated heterocycles. The van der Waals surface area contributed by atoms with E-state index in [4.69, 9.17) is 0 Å². The highest BCUT2D eigenvalue weighted by Crippen LogP contribution is 2.22. The van der Waals surface area contributed by atoms with Gasteiger partial charge in [-0.25, -0.2) is 8.42 Å². The zero-order chi connectivity index (χ0) is 23.2. The van der Waals surface area contributed by atoms with Gasteiger partial charge in [0.25, 0.3) is 0 Å². The van der Waals surface area contributed by atoms with Crippen LogP contribution in [0.15, 0.2) is 29.6 Å². The molecular formula is C25H43NO3S2. The number of unbranched alkanes of at least 4 members (excludes halogenated alkanes) is 4. The first-order valence-electron chi connectivity index (χ1n) is 12.0. The fraction of sp³-hybridized carbons (Fsp3) is 0.680. The number of fused-ring (bicyclic) bond motifs is 1. The van der Waals surface area contributed by atoms with E-state index in [-0.39, 0.29) is 0 Å². The van der Waals surface area contributed by atoms with Crippen LogP contribution in [0.25, 0.3) is 10.1 Å². The summed E-state index contributed by atoms with van der Waals surface area (Å²) < 4.78 is 34.0. The second kappa shape index (κ2) is 15.0. The number of nitrogens with zero attached hydrogens (tertiary/aromatic N) is 1. The lowest BCUT2D eigenvalue weighted by Gasteiger charge is -2.39. The monoisotopic (exact) mass is 469 g/mol. The number of hydrogen-bond donors (Lipinski definition) is 0. The normalized spacial score (nSPS) is 12.0. The molecule has 0 saturated carbocycles. The van der Waals surface area contributed by atoms with Crippen LogP contribution in [-0.4, -0.2) is 43.6 Å². The summed E-state index contributed by atoms with van der Waals surface area (Å²) in [5.41, 5.74) is 0.551. The maximum Gasteiger partial charge on any atom is 0.0988 e. The van der Waals surface area contributed by atoms with Gasteiger partial charge >= 0.3 is 0 Å². The molecule has 0 bridgehead atoms. The van der Waals surface area contributed by atoms with Crippen molar-refractivity contribution >= 4 is 31.5 Å². The van der Waals surface area contributed by atoms with Gasteiger partial charge in [-0.2, -0.15) is 0 Å². The van der Waals surface area contributed by atoms with Gasteiger partial charge in [-0.15, -0.1) is 11.3 Å². The molecular weight excluding hydrogens is 426 g/mol. The van der Waals surface area contributed by atoms with Crippen molar-refractivity contribution in [2.45, 2.75) is 84.8 Å². The molecule has 178 valence electrons. The Morgan fingerprint density at radius 3 is 1.71 bits per heavy atom. The Labute approximate surface area is 195 Å². The topological polar surface area (TPSA) is 57.2 Å². The summed E-state index contributed by atoms with van der Waals surface area (Å²) in [6.07, 6.45) is 11.1. The van der Waals surface area contributed by atoms with Crippen LogP contribution in [0.4, 0.5) is 0 Å². The van der Waals surface area contributed by atoms with Crippen LogP contribution in [-0.2, 0) is 15.9 Å². The zero-order valence-corrected chi connectivity index (χ0v) is 21.7. The van der Waals surface area contributed by atoms with E-state index in [0.29, 0.717) is 5.56 Å². The van der Waals surface area contributed by atoms with Crippen molar-refractivity contribution in [2.75, 3.05) is 26.2 Å². The summed E-state index contributed by atoms with van der Waals surface area (Å²) in [4.78, 5) is 0. The Morgan fingerprint density at radius 2 is 1.29 bits per heavy atom. The predicted molar refractivity (Wildman–Crippen MR) is 135 cm³/mol. The molecule has 31 heavy (non-hydrogen) atoms. The molecule has 0 fully saturated rings. The molecule has 2 aromatic rings. The van der Waals surface area contributed by atoms with Gasteiger partial charge in [0.1, 0.15) is 0 Å². The third-order valence-electron chi connectivity index (χ3n) is 5.81. The highest BCUT2D eigenvalue weighted by atomic mass is 32.2. The van der Waals surface area contributed by atoms with Crippen molar-refractivity contribution in [1.29, 1.82) is 0 Å². The van der Waals surface area contributed by atoms with Crippen molar-refractivity contribution in [2.24, 2.45) is 0 Å². The van der Waals surface area contributed by atoms with E-state index in [1.807, 2.05) is 17.5 Å². The summed E-state index contributed by atoms with van der Waals surface area (Å²) >= 11 is 1.53. The number of rotatable bonds is 14. The van der Waals surface area contributed by atoms with E-state index in [2.05, 4.69) is 27.7 Å². The molecule has 0 atom stereocenters. The van der Waals surface area contributed by atoms with Crippen molar-refractivity contribution in [3.63, 3.8) is 0 Å². The Balaban J connectivity index is 0.000000314. The van der Waals surface area contributed by atoms with Crippen LogP contribution in [0, 0.1) is 0 Å². The van der Waals surface area contributed by atoms with Crippen LogP contribution in [0.5, 0.6) is 0 Å². The molecule has 0 radical (unpaired) electrons. The molecule has 6 heteroatoms. The lowest BCUT2D eigenvalue weighted by atomic mass is 10.1. The minimum Gasteiger partial charge on any atom is -0.748 e. The second-order valence-electron chi connectivity index (χ2n) is 8.65. The highest BCUT2D eigenvalue weighted by molar-refractivity contribution is 7.84. The van der Waals surface area contributed by atoms with Crippen molar-refractivity contribution in [3.05, 3.63) is 35.2 Å². The smallest absolute Gasteiger partial charge is 0.0988 e. The minimum atomic E-state index is -4.17. The van der Waals surface area contributed by atoms with E-state index in [0.717, 1.165) is 10.1 Å². The molecule has 1 heterocycles. The summed E-state index contributed by atoms with van der Waals surface area (Å²) in [7, 11) is -4.17. The second-order valence-corrected chi connectivity index (χ2v) is 11.0. The molecule has 1 aromatic carbocycles. The quantitative estimate of drug-likeness (QED) is 0.222. The van der Waals surface area contributed by atoms with E-state index in [1.54, 1.807) is 12.1 Å². The van der Waals surface area contributed by atoms with Gasteiger partial charge in [0.2, 0.25) is 0 Å². The van der Waals surface area contributed by atoms with Gasteiger partial charge < -0.3 is 9.04 Å². The summed E-state index contributed by atoms with van der Waals surface area (Å²) in [5.74, 6) is -0.430. The molecule has 0 aliphatic carbocycles. The van der Waals surface area contributed by atoms with Gasteiger partial charge in [-0.1, -0.05) is 65.5 Å². The largest absolute Gasteiger partial charge is 0.748 e. The lowest BCUT2D eigenvalue weighted by Crippen LogP contribution is -2.50. The summed E-state index contributed by atoms with van der Waals surface area (Å²) in [5, 5.41) is 3.00. The molecule has 0 amide bonds. The molecule has 2 rings (SSSR count). The molecule has 0 aliphatic heterocycles. The maximum absolute atomic E-state index is 10.5. The fourth-order valence-corrected chi connectivity index (χ4v) is 5.38. The minimum absolute atomic E-state index is 0.430. The Kier molecular flexibility index (Phi) is 13.6. The third-order valence-corrected chi connectivity index (χ3v) is 7.37. The van der Waals surface area contributed by atoms with Crippen molar-refractivity contribution < 1.29 is 17.5 Å². The Bertz CT molecular complexity index is 793. The average molecular weight is 470 g/mol. The van der Waals surface area contributed by atoms with Gasteiger partial charge in [0.15, 0.2) is 0 Å². The molecule has 0 spiro atoms. The summed E-state index contributed by atoms with van der Waals surface area (Å²) in [6.45, 7) is 15.0. The first-order valence-corrected chi connectivity index (χ1v) is 14.5.